The van der Waals surface area contributed by atoms with E-state index in [0.717, 1.165) is 19.3 Å². The van der Waals surface area contributed by atoms with Crippen LogP contribution in [0.25, 0.3) is 0 Å². The molecule has 1 aromatic rings. The molecule has 0 aromatic heterocycles. The Hall–Kier alpha value is -3.14. The van der Waals surface area contributed by atoms with E-state index in [-0.39, 0.29) is 43.2 Å². The number of benzene rings is 1. The number of nitrogens with one attached hydrogen (secondary N) is 1. The van der Waals surface area contributed by atoms with Gasteiger partial charge in [-0.05, 0) is 44.2 Å². The van der Waals surface area contributed by atoms with Crippen molar-refractivity contribution in [3.63, 3.8) is 0 Å². The molecule has 36 heavy (non-hydrogen) atoms. The van der Waals surface area contributed by atoms with Gasteiger partial charge in [0.1, 0.15) is 24.4 Å². The van der Waals surface area contributed by atoms with Crippen LogP contribution in [-0.2, 0) is 19.1 Å². The van der Waals surface area contributed by atoms with Crippen molar-refractivity contribution in [1.82, 2.24) is 20.0 Å². The van der Waals surface area contributed by atoms with E-state index in [1.54, 1.807) is 53.1 Å². The lowest BCUT2D eigenvalue weighted by molar-refractivity contribution is -0.143. The maximum absolute atomic E-state index is 13.6. The number of likely N-dealkylation sites (tertiary alicyclic amines) is 1. The molecular weight excluding hydrogens is 464 g/mol. The molecule has 4 amide bonds. The molecule has 10 heteroatoms. The quantitative estimate of drug-likeness (QED) is 0.665. The van der Waals surface area contributed by atoms with Gasteiger partial charge in [0.05, 0.1) is 24.8 Å². The van der Waals surface area contributed by atoms with E-state index in [1.807, 2.05) is 0 Å². The van der Waals surface area contributed by atoms with E-state index in [4.69, 9.17) is 9.47 Å². The first kappa shape index (κ1) is 25.9. The average molecular weight is 501 g/mol. The van der Waals surface area contributed by atoms with Crippen LogP contribution in [0.2, 0.25) is 0 Å². The molecule has 0 unspecified atom stereocenters. The number of nitrogens with zero attached hydrogens (tertiary/aromatic N) is 3. The van der Waals surface area contributed by atoms with Gasteiger partial charge in [-0.15, -0.1) is 0 Å². The van der Waals surface area contributed by atoms with E-state index < -0.39 is 18.0 Å². The number of methoxy groups -OCH3 is 1. The van der Waals surface area contributed by atoms with Crippen LogP contribution >= 0.6 is 0 Å². The van der Waals surface area contributed by atoms with Crippen molar-refractivity contribution < 1.29 is 28.7 Å². The van der Waals surface area contributed by atoms with Crippen LogP contribution in [0.4, 0.5) is 0 Å². The van der Waals surface area contributed by atoms with Gasteiger partial charge in [-0.3, -0.25) is 19.2 Å². The molecule has 0 bridgehead atoms. The van der Waals surface area contributed by atoms with E-state index >= 15 is 0 Å². The topological polar surface area (TPSA) is 108 Å². The standard InChI is InChI=1S/C26H36N4O6/c1-28-15-16-36-22-10-4-3-8-19(22)24(32)27-20(25(33)29-13-5-7-18(29)17-35-2)11-12-23(31)30-14-6-9-21(30)26(28)34/h3-4,8,10,18,20-21H,5-7,9,11-17H2,1-2H3,(H,27,32)/t18-,20-,21+/m0/s1. The second-order valence-corrected chi connectivity index (χ2v) is 9.70. The lowest BCUT2D eigenvalue weighted by Gasteiger charge is -2.30. The molecule has 3 atom stereocenters. The number of likely N-dealkylation sites (N-methyl/N-ethyl adjacent to an activating group) is 1. The Labute approximate surface area is 211 Å². The highest BCUT2D eigenvalue weighted by Crippen LogP contribution is 2.24. The SMILES string of the molecule is COC[C@@H]1CCCN1C(=O)[C@@H]1CCC(=O)N2CCC[C@@H]2C(=O)N(C)CCOc2ccccc2C(=O)N1. The fraction of sp³-hybridized carbons (Fsp3) is 0.615. The van der Waals surface area contributed by atoms with Crippen LogP contribution < -0.4 is 10.1 Å². The predicted molar refractivity (Wildman–Crippen MR) is 131 cm³/mol. The molecule has 3 aliphatic heterocycles. The van der Waals surface area contributed by atoms with Gasteiger partial charge in [0.15, 0.2) is 0 Å². The maximum Gasteiger partial charge on any atom is 0.255 e. The van der Waals surface area contributed by atoms with Crippen LogP contribution in [0.3, 0.4) is 0 Å². The van der Waals surface area contributed by atoms with E-state index in [1.165, 1.54) is 0 Å². The Morgan fingerprint density at radius 1 is 1.08 bits per heavy atom. The summed E-state index contributed by atoms with van der Waals surface area (Å²) in [6.45, 7) is 2.04. The summed E-state index contributed by atoms with van der Waals surface area (Å²) in [5.41, 5.74) is 0.306. The fourth-order valence-electron chi connectivity index (χ4n) is 5.36. The third-order valence-electron chi connectivity index (χ3n) is 7.32. The van der Waals surface area contributed by atoms with Gasteiger partial charge in [0.2, 0.25) is 17.7 Å². The highest BCUT2D eigenvalue weighted by atomic mass is 16.5. The highest BCUT2D eigenvalue weighted by Gasteiger charge is 2.38. The maximum atomic E-state index is 13.6. The molecule has 2 saturated heterocycles. The second kappa shape index (κ2) is 11.7. The van der Waals surface area contributed by atoms with Crippen LogP contribution in [0.15, 0.2) is 24.3 Å². The molecule has 0 saturated carbocycles. The van der Waals surface area contributed by atoms with Crippen LogP contribution in [-0.4, -0.2) is 103 Å². The monoisotopic (exact) mass is 500 g/mol. The Balaban J connectivity index is 1.61. The van der Waals surface area contributed by atoms with Gasteiger partial charge >= 0.3 is 0 Å². The van der Waals surface area contributed by atoms with Crippen LogP contribution in [0.1, 0.15) is 48.9 Å². The van der Waals surface area contributed by atoms with Crippen molar-refractivity contribution in [1.29, 1.82) is 0 Å². The predicted octanol–water partition coefficient (Wildman–Crippen LogP) is 1.04. The van der Waals surface area contributed by atoms with E-state index in [2.05, 4.69) is 5.32 Å². The first-order chi connectivity index (χ1) is 17.4. The molecule has 0 spiro atoms. The number of para-hydroxylation sites is 1. The molecule has 1 aromatic carbocycles. The molecule has 0 radical (unpaired) electrons. The number of amides is 4. The molecule has 10 nitrogen and oxygen atoms in total. The lowest BCUT2D eigenvalue weighted by Crippen LogP contribution is -2.51. The largest absolute Gasteiger partial charge is 0.491 e. The summed E-state index contributed by atoms with van der Waals surface area (Å²) < 4.78 is 11.2. The summed E-state index contributed by atoms with van der Waals surface area (Å²) in [7, 11) is 3.30. The van der Waals surface area contributed by atoms with Gasteiger partial charge in [-0.1, -0.05) is 12.1 Å². The first-order valence-corrected chi connectivity index (χ1v) is 12.8. The van der Waals surface area contributed by atoms with Crippen molar-refractivity contribution in [3.05, 3.63) is 29.8 Å². The molecular formula is C26H36N4O6. The smallest absolute Gasteiger partial charge is 0.255 e. The fourth-order valence-corrected chi connectivity index (χ4v) is 5.36. The summed E-state index contributed by atoms with van der Waals surface area (Å²) in [5, 5.41) is 2.88. The number of carbonyl (C=O) groups excluding carboxylic acids is 4. The summed E-state index contributed by atoms with van der Waals surface area (Å²) in [6.07, 6.45) is 3.28. The number of carbonyl (C=O) groups is 4. The van der Waals surface area contributed by atoms with Gasteiger partial charge in [-0.2, -0.15) is 0 Å². The minimum atomic E-state index is -0.878. The first-order valence-electron chi connectivity index (χ1n) is 12.8. The van der Waals surface area contributed by atoms with Crippen molar-refractivity contribution in [2.45, 2.75) is 56.7 Å². The van der Waals surface area contributed by atoms with Gasteiger partial charge < -0.3 is 29.5 Å². The molecule has 4 rings (SSSR count). The van der Waals surface area contributed by atoms with Crippen molar-refractivity contribution in [2.75, 3.05) is 47.0 Å². The molecule has 3 aliphatic rings. The summed E-state index contributed by atoms with van der Waals surface area (Å²) in [5.74, 6) is -0.556. The summed E-state index contributed by atoms with van der Waals surface area (Å²) in [6, 6.07) is 5.40. The third-order valence-corrected chi connectivity index (χ3v) is 7.32. The Morgan fingerprint density at radius 3 is 2.67 bits per heavy atom. The molecule has 2 fully saturated rings. The average Bonchev–Trinajstić information content (AvgIpc) is 3.55. The number of rotatable bonds is 3. The van der Waals surface area contributed by atoms with Crippen LogP contribution in [0.5, 0.6) is 5.75 Å². The van der Waals surface area contributed by atoms with Crippen LogP contribution in [0, 0.1) is 0 Å². The zero-order chi connectivity index (χ0) is 25.7. The Morgan fingerprint density at radius 2 is 1.86 bits per heavy atom. The molecule has 1 N–H and O–H groups in total. The van der Waals surface area contributed by atoms with Crippen molar-refractivity contribution in [3.8, 4) is 5.75 Å². The molecule has 3 heterocycles. The van der Waals surface area contributed by atoms with Gasteiger partial charge in [0.25, 0.3) is 5.91 Å². The zero-order valence-electron chi connectivity index (χ0n) is 21.1. The highest BCUT2D eigenvalue weighted by molar-refractivity contribution is 6.00. The normalized spacial score (nSPS) is 26.0. The van der Waals surface area contributed by atoms with Gasteiger partial charge in [-0.25, -0.2) is 0 Å². The summed E-state index contributed by atoms with van der Waals surface area (Å²) >= 11 is 0. The van der Waals surface area contributed by atoms with Crippen molar-refractivity contribution >= 4 is 23.6 Å². The number of fused-ring (bicyclic) bond motifs is 2. The number of hydrogen-bond acceptors (Lipinski definition) is 6. The molecule has 0 aliphatic carbocycles. The summed E-state index contributed by atoms with van der Waals surface area (Å²) in [4.78, 5) is 58.2. The Bertz CT molecular complexity index is 985. The lowest BCUT2D eigenvalue weighted by atomic mass is 10.1. The Kier molecular flexibility index (Phi) is 8.45. The zero-order valence-corrected chi connectivity index (χ0v) is 21.1. The second-order valence-electron chi connectivity index (χ2n) is 9.70. The molecule has 196 valence electrons. The minimum Gasteiger partial charge on any atom is -0.491 e. The third kappa shape index (κ3) is 5.64. The van der Waals surface area contributed by atoms with Crippen molar-refractivity contribution in [2.24, 2.45) is 0 Å². The van der Waals surface area contributed by atoms with E-state index in [0.29, 0.717) is 44.0 Å². The van der Waals surface area contributed by atoms with Gasteiger partial charge in [0, 0.05) is 33.7 Å². The number of hydrogen-bond donors (Lipinski definition) is 1. The number of ether oxygens (including phenoxy) is 2. The van der Waals surface area contributed by atoms with E-state index in [9.17, 15) is 19.2 Å². The minimum absolute atomic E-state index is 0.0570.